The molecule has 0 radical (unpaired) electrons. The Kier molecular flexibility index (Phi) is 4.57. The molecule has 0 atom stereocenters. The number of nitrogens with one attached hydrogen (secondary N) is 1. The summed E-state index contributed by atoms with van der Waals surface area (Å²) in [5, 5.41) is 3.26. The molecule has 0 unspecified atom stereocenters. The first kappa shape index (κ1) is 16.2. The zero-order valence-electron chi connectivity index (χ0n) is 12.9. The van der Waals surface area contributed by atoms with Crippen LogP contribution in [0.1, 0.15) is 23.2 Å². The van der Waals surface area contributed by atoms with E-state index in [0.29, 0.717) is 29.5 Å². The lowest BCUT2D eigenvalue weighted by Crippen LogP contribution is -2.51. The predicted octanol–water partition coefficient (Wildman–Crippen LogP) is 1.93. The molecule has 1 aliphatic carbocycles. The van der Waals surface area contributed by atoms with Crippen molar-refractivity contribution in [2.75, 3.05) is 38.7 Å². The standard InChI is InChI=1S/C16H19ClN2O4/c1-22-14(20)11-2-3-12(17)13(10-11)18-15(21)16(4-5-16)19-6-8-23-9-7-19/h2-3,10H,4-9H2,1H3,(H,18,21). The zero-order valence-corrected chi connectivity index (χ0v) is 13.7. The summed E-state index contributed by atoms with van der Waals surface area (Å²) in [5.74, 6) is -0.546. The Morgan fingerprint density at radius 2 is 2.00 bits per heavy atom. The van der Waals surface area contributed by atoms with Crippen LogP contribution in [0.15, 0.2) is 18.2 Å². The van der Waals surface area contributed by atoms with Crippen molar-refractivity contribution in [2.45, 2.75) is 18.4 Å². The van der Waals surface area contributed by atoms with Crippen LogP contribution in [0.5, 0.6) is 0 Å². The minimum Gasteiger partial charge on any atom is -0.465 e. The number of carbonyl (C=O) groups is 2. The summed E-state index contributed by atoms with van der Waals surface area (Å²) in [4.78, 5) is 26.5. The Balaban J connectivity index is 1.76. The Morgan fingerprint density at radius 3 is 2.61 bits per heavy atom. The molecule has 1 aromatic rings. The molecule has 1 aliphatic heterocycles. The second-order valence-electron chi connectivity index (χ2n) is 5.77. The number of morpholine rings is 1. The van der Waals surface area contributed by atoms with Crippen molar-refractivity contribution < 1.29 is 19.1 Å². The van der Waals surface area contributed by atoms with E-state index < -0.39 is 11.5 Å². The van der Waals surface area contributed by atoms with Crippen LogP contribution in [-0.4, -0.2) is 55.7 Å². The fourth-order valence-corrected chi connectivity index (χ4v) is 3.07. The molecule has 3 rings (SSSR count). The molecular formula is C16H19ClN2O4. The minimum absolute atomic E-state index is 0.0803. The predicted molar refractivity (Wildman–Crippen MR) is 85.8 cm³/mol. The van der Waals surface area contributed by atoms with E-state index in [2.05, 4.69) is 10.2 Å². The number of benzene rings is 1. The van der Waals surface area contributed by atoms with Crippen LogP contribution < -0.4 is 5.32 Å². The molecule has 23 heavy (non-hydrogen) atoms. The highest BCUT2D eigenvalue weighted by Gasteiger charge is 2.54. The Labute approximate surface area is 139 Å². The molecule has 0 spiro atoms. The monoisotopic (exact) mass is 338 g/mol. The van der Waals surface area contributed by atoms with Gasteiger partial charge in [-0.15, -0.1) is 0 Å². The number of hydrogen-bond donors (Lipinski definition) is 1. The average molecular weight is 339 g/mol. The number of rotatable bonds is 4. The summed E-state index contributed by atoms with van der Waals surface area (Å²) in [6.07, 6.45) is 1.65. The second kappa shape index (κ2) is 6.47. The fraction of sp³-hybridized carbons (Fsp3) is 0.500. The van der Waals surface area contributed by atoms with Crippen molar-refractivity contribution in [3.63, 3.8) is 0 Å². The number of anilines is 1. The SMILES string of the molecule is COC(=O)c1ccc(Cl)c(NC(=O)C2(N3CCOCC3)CC2)c1. The van der Waals surface area contributed by atoms with Crippen molar-refractivity contribution >= 4 is 29.2 Å². The van der Waals surface area contributed by atoms with Crippen LogP contribution in [0.2, 0.25) is 5.02 Å². The van der Waals surface area contributed by atoms with Crippen molar-refractivity contribution in [1.82, 2.24) is 4.90 Å². The van der Waals surface area contributed by atoms with Gasteiger partial charge in [-0.05, 0) is 31.0 Å². The molecule has 0 bridgehead atoms. The van der Waals surface area contributed by atoms with Crippen LogP contribution in [0.4, 0.5) is 5.69 Å². The fourth-order valence-electron chi connectivity index (χ4n) is 2.90. The molecule has 1 amide bonds. The van der Waals surface area contributed by atoms with Gasteiger partial charge in [0.1, 0.15) is 5.54 Å². The molecule has 7 heteroatoms. The van der Waals surface area contributed by atoms with Crippen LogP contribution in [0.3, 0.4) is 0 Å². The maximum Gasteiger partial charge on any atom is 0.337 e. The first-order chi connectivity index (χ1) is 11.1. The van der Waals surface area contributed by atoms with Crippen molar-refractivity contribution in [2.24, 2.45) is 0 Å². The largest absolute Gasteiger partial charge is 0.465 e. The highest BCUT2D eigenvalue weighted by molar-refractivity contribution is 6.34. The van der Waals surface area contributed by atoms with Gasteiger partial charge in [0.05, 0.1) is 36.6 Å². The molecule has 1 heterocycles. The van der Waals surface area contributed by atoms with Gasteiger partial charge in [-0.1, -0.05) is 11.6 Å². The Bertz CT molecular complexity index is 625. The second-order valence-corrected chi connectivity index (χ2v) is 6.18. The molecular weight excluding hydrogens is 320 g/mol. The number of carbonyl (C=O) groups excluding carboxylic acids is 2. The number of halogens is 1. The molecule has 1 N–H and O–H groups in total. The van der Waals surface area contributed by atoms with Crippen LogP contribution in [0.25, 0.3) is 0 Å². The molecule has 2 fully saturated rings. The highest BCUT2D eigenvalue weighted by Crippen LogP contribution is 2.43. The number of hydrogen-bond acceptors (Lipinski definition) is 5. The van der Waals surface area contributed by atoms with Crippen molar-refractivity contribution in [3.8, 4) is 0 Å². The number of methoxy groups -OCH3 is 1. The van der Waals surface area contributed by atoms with Gasteiger partial charge in [0, 0.05) is 13.1 Å². The van der Waals surface area contributed by atoms with Gasteiger partial charge < -0.3 is 14.8 Å². The summed E-state index contributed by atoms with van der Waals surface area (Å²) in [5.41, 5.74) is 0.316. The van der Waals surface area contributed by atoms with Crippen molar-refractivity contribution in [1.29, 1.82) is 0 Å². The van der Waals surface area contributed by atoms with Gasteiger partial charge in [-0.3, -0.25) is 9.69 Å². The van der Waals surface area contributed by atoms with E-state index in [1.165, 1.54) is 7.11 Å². The van der Waals surface area contributed by atoms with E-state index in [4.69, 9.17) is 21.1 Å². The van der Waals surface area contributed by atoms with Crippen LogP contribution >= 0.6 is 11.6 Å². The molecule has 124 valence electrons. The molecule has 0 aromatic heterocycles. The maximum atomic E-state index is 12.7. The summed E-state index contributed by atoms with van der Waals surface area (Å²) in [6, 6.07) is 4.69. The van der Waals surface area contributed by atoms with E-state index >= 15 is 0 Å². The molecule has 1 saturated heterocycles. The van der Waals surface area contributed by atoms with Gasteiger partial charge in [0.15, 0.2) is 0 Å². The molecule has 1 saturated carbocycles. The topological polar surface area (TPSA) is 67.9 Å². The van der Waals surface area contributed by atoms with Gasteiger partial charge in [0.2, 0.25) is 5.91 Å². The number of nitrogens with zero attached hydrogens (tertiary/aromatic N) is 1. The van der Waals surface area contributed by atoms with Crippen LogP contribution in [0, 0.1) is 0 Å². The lowest BCUT2D eigenvalue weighted by atomic mass is 10.1. The first-order valence-electron chi connectivity index (χ1n) is 7.59. The number of ether oxygens (including phenoxy) is 2. The van der Waals surface area contributed by atoms with E-state index in [1.54, 1.807) is 18.2 Å². The average Bonchev–Trinajstić information content (AvgIpc) is 3.39. The normalized spacial score (nSPS) is 19.9. The van der Waals surface area contributed by atoms with Gasteiger partial charge >= 0.3 is 5.97 Å². The summed E-state index contributed by atoms with van der Waals surface area (Å²) in [7, 11) is 1.31. The number of esters is 1. The maximum absolute atomic E-state index is 12.7. The highest BCUT2D eigenvalue weighted by atomic mass is 35.5. The smallest absolute Gasteiger partial charge is 0.337 e. The third kappa shape index (κ3) is 3.20. The van der Waals surface area contributed by atoms with E-state index in [9.17, 15) is 9.59 Å². The van der Waals surface area contributed by atoms with Crippen LogP contribution in [-0.2, 0) is 14.3 Å². The summed E-state index contributed by atoms with van der Waals surface area (Å²) >= 11 is 6.14. The third-order valence-electron chi connectivity index (χ3n) is 4.40. The van der Waals surface area contributed by atoms with Gasteiger partial charge in [0.25, 0.3) is 0 Å². The quantitative estimate of drug-likeness (QED) is 0.850. The molecule has 6 nitrogen and oxygen atoms in total. The first-order valence-corrected chi connectivity index (χ1v) is 7.97. The lowest BCUT2D eigenvalue weighted by molar-refractivity contribution is -0.124. The van der Waals surface area contributed by atoms with Gasteiger partial charge in [-0.2, -0.15) is 0 Å². The third-order valence-corrected chi connectivity index (χ3v) is 4.73. The minimum atomic E-state index is -0.466. The van der Waals surface area contributed by atoms with E-state index in [-0.39, 0.29) is 5.91 Å². The van der Waals surface area contributed by atoms with E-state index in [1.807, 2.05) is 0 Å². The van der Waals surface area contributed by atoms with Crippen molar-refractivity contribution in [3.05, 3.63) is 28.8 Å². The molecule has 1 aromatic carbocycles. The molecule has 2 aliphatic rings. The van der Waals surface area contributed by atoms with E-state index in [0.717, 1.165) is 25.9 Å². The number of amides is 1. The Hall–Kier alpha value is -1.63. The zero-order chi connectivity index (χ0) is 16.4. The van der Waals surface area contributed by atoms with Gasteiger partial charge in [-0.25, -0.2) is 4.79 Å². The lowest BCUT2D eigenvalue weighted by Gasteiger charge is -2.33. The summed E-state index contributed by atoms with van der Waals surface area (Å²) < 4.78 is 10.0. The summed E-state index contributed by atoms with van der Waals surface area (Å²) in [6.45, 7) is 2.80. The Morgan fingerprint density at radius 1 is 1.30 bits per heavy atom.